The van der Waals surface area contributed by atoms with Crippen molar-refractivity contribution >= 4 is 11.0 Å². The third-order valence-electron chi connectivity index (χ3n) is 4.96. The van der Waals surface area contributed by atoms with Gasteiger partial charge in [0.1, 0.15) is 11.3 Å². The van der Waals surface area contributed by atoms with Crippen LogP contribution >= 0.6 is 0 Å². The zero-order valence-electron chi connectivity index (χ0n) is 13.9. The molecule has 0 aliphatic heterocycles. The summed E-state index contributed by atoms with van der Waals surface area (Å²) in [6.45, 7) is 4.14. The molecule has 118 valence electrons. The third-order valence-corrected chi connectivity index (χ3v) is 4.96. The summed E-state index contributed by atoms with van der Waals surface area (Å²) in [5.41, 5.74) is 5.55. The van der Waals surface area contributed by atoms with Gasteiger partial charge in [-0.05, 0) is 44.9 Å². The van der Waals surface area contributed by atoms with Crippen molar-refractivity contribution in [2.75, 3.05) is 0 Å². The number of benzene rings is 1. The average molecular weight is 305 g/mol. The Labute approximate surface area is 137 Å². The van der Waals surface area contributed by atoms with Crippen LogP contribution in [0.1, 0.15) is 55.2 Å². The normalized spacial score (nSPS) is 16.1. The van der Waals surface area contributed by atoms with Crippen molar-refractivity contribution in [2.45, 2.75) is 51.9 Å². The van der Waals surface area contributed by atoms with Crippen molar-refractivity contribution in [3.63, 3.8) is 0 Å². The van der Waals surface area contributed by atoms with Gasteiger partial charge in [0.15, 0.2) is 0 Å². The Kier molecular flexibility index (Phi) is 3.64. The monoisotopic (exact) mass is 305 g/mol. The van der Waals surface area contributed by atoms with E-state index in [2.05, 4.69) is 59.8 Å². The van der Waals surface area contributed by atoms with E-state index in [0.717, 1.165) is 16.9 Å². The average Bonchev–Trinajstić information content (AvgIpc) is 2.96. The van der Waals surface area contributed by atoms with Gasteiger partial charge in [-0.25, -0.2) is 4.98 Å². The molecular weight excluding hydrogens is 282 g/mol. The van der Waals surface area contributed by atoms with Crippen LogP contribution in [0, 0.1) is 13.8 Å². The molecule has 2 heterocycles. The Balaban J connectivity index is 1.99. The molecule has 0 bridgehead atoms. The van der Waals surface area contributed by atoms with Gasteiger partial charge in [-0.3, -0.25) is 9.55 Å². The second-order valence-electron chi connectivity index (χ2n) is 6.69. The molecular formula is C20H23N3. The Morgan fingerprint density at radius 1 is 0.957 bits per heavy atom. The highest BCUT2D eigenvalue weighted by molar-refractivity contribution is 5.80. The molecule has 0 unspecified atom stereocenters. The summed E-state index contributed by atoms with van der Waals surface area (Å²) in [6.07, 6.45) is 6.50. The number of aryl methyl sites for hydroxylation is 2. The van der Waals surface area contributed by atoms with Gasteiger partial charge in [0.25, 0.3) is 0 Å². The molecule has 0 radical (unpaired) electrons. The van der Waals surface area contributed by atoms with Crippen molar-refractivity contribution in [2.24, 2.45) is 0 Å². The van der Waals surface area contributed by atoms with Crippen LogP contribution in [-0.2, 0) is 0 Å². The quantitative estimate of drug-likeness (QED) is 0.660. The largest absolute Gasteiger partial charge is 0.296 e. The molecule has 0 amide bonds. The number of para-hydroxylation sites is 1. The number of hydrogen-bond donors (Lipinski definition) is 0. The van der Waals surface area contributed by atoms with Gasteiger partial charge >= 0.3 is 0 Å². The predicted molar refractivity (Wildman–Crippen MR) is 94.2 cm³/mol. The first-order valence-corrected chi connectivity index (χ1v) is 8.66. The lowest BCUT2D eigenvalue weighted by Gasteiger charge is -2.22. The molecule has 3 nitrogen and oxygen atoms in total. The number of rotatable bonds is 2. The standard InChI is InChI=1S/C20H23N3/c1-14-13-18-19(15(2)21-14)22-20(16-9-5-3-6-10-16)23(18)17-11-7-4-8-12-17/h4,7-8,11-13,16H,3,5-6,9-10H2,1-2H3. The maximum Gasteiger partial charge on any atom is 0.117 e. The van der Waals surface area contributed by atoms with Crippen molar-refractivity contribution in [1.82, 2.24) is 14.5 Å². The topological polar surface area (TPSA) is 30.7 Å². The maximum absolute atomic E-state index is 5.05. The van der Waals surface area contributed by atoms with E-state index >= 15 is 0 Å². The minimum absolute atomic E-state index is 0.566. The van der Waals surface area contributed by atoms with E-state index in [1.165, 1.54) is 49.1 Å². The highest BCUT2D eigenvalue weighted by Gasteiger charge is 2.24. The number of aromatic nitrogens is 3. The number of imidazole rings is 1. The molecule has 1 aromatic carbocycles. The summed E-state index contributed by atoms with van der Waals surface area (Å²) in [6, 6.07) is 12.8. The predicted octanol–water partition coefficient (Wildman–Crippen LogP) is 5.09. The van der Waals surface area contributed by atoms with Gasteiger partial charge in [-0.15, -0.1) is 0 Å². The van der Waals surface area contributed by atoms with E-state index in [9.17, 15) is 0 Å². The molecule has 3 aromatic rings. The molecule has 3 heteroatoms. The summed E-state index contributed by atoms with van der Waals surface area (Å²) < 4.78 is 2.37. The Morgan fingerprint density at radius 3 is 2.43 bits per heavy atom. The molecule has 4 rings (SSSR count). The molecule has 23 heavy (non-hydrogen) atoms. The number of fused-ring (bicyclic) bond motifs is 1. The Morgan fingerprint density at radius 2 is 1.70 bits per heavy atom. The number of nitrogens with zero attached hydrogens (tertiary/aromatic N) is 3. The first kappa shape index (κ1) is 14.4. The van der Waals surface area contributed by atoms with Crippen LogP contribution in [0.15, 0.2) is 36.4 Å². The summed E-state index contributed by atoms with van der Waals surface area (Å²) in [7, 11) is 0. The lowest BCUT2D eigenvalue weighted by molar-refractivity contribution is 0.426. The van der Waals surface area contributed by atoms with E-state index in [-0.39, 0.29) is 0 Å². The Bertz CT molecular complexity index is 827. The highest BCUT2D eigenvalue weighted by atomic mass is 15.1. The van der Waals surface area contributed by atoms with Crippen molar-refractivity contribution in [3.8, 4) is 5.69 Å². The summed E-state index contributed by atoms with van der Waals surface area (Å²) >= 11 is 0. The van der Waals surface area contributed by atoms with Gasteiger partial charge in [-0.2, -0.15) is 0 Å². The first-order valence-electron chi connectivity index (χ1n) is 8.66. The van der Waals surface area contributed by atoms with E-state index in [4.69, 9.17) is 4.98 Å². The van der Waals surface area contributed by atoms with E-state index in [0.29, 0.717) is 5.92 Å². The van der Waals surface area contributed by atoms with Crippen molar-refractivity contribution in [3.05, 3.63) is 53.6 Å². The molecule has 1 saturated carbocycles. The summed E-state index contributed by atoms with van der Waals surface area (Å²) in [5.74, 6) is 1.79. The van der Waals surface area contributed by atoms with Crippen LogP contribution in [0.3, 0.4) is 0 Å². The van der Waals surface area contributed by atoms with Gasteiger partial charge in [0.05, 0.1) is 11.2 Å². The van der Waals surface area contributed by atoms with Crippen LogP contribution in [0.5, 0.6) is 0 Å². The van der Waals surface area contributed by atoms with E-state index in [1.807, 2.05) is 0 Å². The maximum atomic E-state index is 5.05. The van der Waals surface area contributed by atoms with Crippen LogP contribution in [0.4, 0.5) is 0 Å². The second kappa shape index (κ2) is 5.80. The number of hydrogen-bond acceptors (Lipinski definition) is 2. The SMILES string of the molecule is Cc1cc2c(nc(C3CCCCC3)n2-c2ccccc2)c(C)n1. The summed E-state index contributed by atoms with van der Waals surface area (Å²) in [4.78, 5) is 9.67. The lowest BCUT2D eigenvalue weighted by Crippen LogP contribution is -2.11. The number of pyridine rings is 1. The van der Waals surface area contributed by atoms with Gasteiger partial charge in [0.2, 0.25) is 0 Å². The summed E-state index contributed by atoms with van der Waals surface area (Å²) in [5, 5.41) is 0. The minimum Gasteiger partial charge on any atom is -0.296 e. The molecule has 0 atom stereocenters. The first-order chi connectivity index (χ1) is 11.2. The molecule has 0 saturated heterocycles. The fourth-order valence-electron chi connectivity index (χ4n) is 3.88. The minimum atomic E-state index is 0.566. The Hall–Kier alpha value is -2.16. The van der Waals surface area contributed by atoms with Gasteiger partial charge < -0.3 is 0 Å². The van der Waals surface area contributed by atoms with E-state index in [1.54, 1.807) is 0 Å². The third kappa shape index (κ3) is 2.54. The fraction of sp³-hybridized carbons (Fsp3) is 0.400. The zero-order chi connectivity index (χ0) is 15.8. The van der Waals surface area contributed by atoms with Crippen LogP contribution in [-0.4, -0.2) is 14.5 Å². The van der Waals surface area contributed by atoms with Crippen LogP contribution in [0.2, 0.25) is 0 Å². The van der Waals surface area contributed by atoms with Crippen LogP contribution in [0.25, 0.3) is 16.7 Å². The molecule has 1 aliphatic carbocycles. The molecule has 1 fully saturated rings. The van der Waals surface area contributed by atoms with Crippen LogP contribution < -0.4 is 0 Å². The molecule has 2 aromatic heterocycles. The second-order valence-corrected chi connectivity index (χ2v) is 6.69. The van der Waals surface area contributed by atoms with Crippen molar-refractivity contribution < 1.29 is 0 Å². The fourth-order valence-corrected chi connectivity index (χ4v) is 3.88. The molecule has 0 spiro atoms. The van der Waals surface area contributed by atoms with Crippen molar-refractivity contribution in [1.29, 1.82) is 0 Å². The molecule has 0 N–H and O–H groups in total. The smallest absolute Gasteiger partial charge is 0.117 e. The van der Waals surface area contributed by atoms with E-state index < -0.39 is 0 Å². The van der Waals surface area contributed by atoms with Gasteiger partial charge in [-0.1, -0.05) is 37.5 Å². The lowest BCUT2D eigenvalue weighted by atomic mass is 9.88. The zero-order valence-corrected chi connectivity index (χ0v) is 13.9. The molecule has 1 aliphatic rings. The van der Waals surface area contributed by atoms with Gasteiger partial charge in [0, 0.05) is 17.3 Å². The highest BCUT2D eigenvalue weighted by Crippen LogP contribution is 2.36.